The molecule has 0 atom stereocenters. The maximum atomic E-state index is 5.96. The molecule has 108 valence electrons. The SMILES string of the molecule is CCCCc1cc(N)ccc1Cc1c[nH]c2ccccc12. The summed E-state index contributed by atoms with van der Waals surface area (Å²) in [5.41, 5.74) is 12.2. The number of nitrogens with one attached hydrogen (secondary N) is 1. The van der Waals surface area contributed by atoms with Gasteiger partial charge in [0.25, 0.3) is 0 Å². The summed E-state index contributed by atoms with van der Waals surface area (Å²) in [5, 5.41) is 1.32. The molecule has 0 fully saturated rings. The Morgan fingerprint density at radius 1 is 1.00 bits per heavy atom. The van der Waals surface area contributed by atoms with E-state index in [1.54, 1.807) is 0 Å². The number of rotatable bonds is 5. The van der Waals surface area contributed by atoms with Crippen LogP contribution in [0.25, 0.3) is 10.9 Å². The number of unbranched alkanes of at least 4 members (excludes halogenated alkanes) is 1. The number of nitrogens with two attached hydrogens (primary N) is 1. The molecule has 0 amide bonds. The van der Waals surface area contributed by atoms with Gasteiger partial charge < -0.3 is 10.7 Å². The summed E-state index contributed by atoms with van der Waals surface area (Å²) < 4.78 is 0. The van der Waals surface area contributed by atoms with Crippen molar-refractivity contribution in [3.63, 3.8) is 0 Å². The van der Waals surface area contributed by atoms with Crippen LogP contribution < -0.4 is 5.73 Å². The molecule has 2 aromatic carbocycles. The fraction of sp³-hybridized carbons (Fsp3) is 0.263. The Kier molecular flexibility index (Phi) is 3.96. The lowest BCUT2D eigenvalue weighted by Crippen LogP contribution is -1.98. The molecule has 1 aromatic heterocycles. The molecule has 0 bridgehead atoms. The second-order valence-corrected chi connectivity index (χ2v) is 5.67. The van der Waals surface area contributed by atoms with Gasteiger partial charge in [-0.15, -0.1) is 0 Å². The van der Waals surface area contributed by atoms with Crippen LogP contribution in [0.15, 0.2) is 48.7 Å². The van der Waals surface area contributed by atoms with E-state index in [1.807, 2.05) is 6.07 Å². The average Bonchev–Trinajstić information content (AvgIpc) is 2.91. The summed E-state index contributed by atoms with van der Waals surface area (Å²) in [6.07, 6.45) is 6.62. The van der Waals surface area contributed by atoms with Crippen LogP contribution in [0.2, 0.25) is 0 Å². The van der Waals surface area contributed by atoms with Crippen LogP contribution in [0, 0.1) is 0 Å². The van der Waals surface area contributed by atoms with Crippen LogP contribution in [0.3, 0.4) is 0 Å². The van der Waals surface area contributed by atoms with Gasteiger partial charge in [0, 0.05) is 22.8 Å². The number of H-pyrrole nitrogens is 1. The highest BCUT2D eigenvalue weighted by Crippen LogP contribution is 2.24. The van der Waals surface area contributed by atoms with E-state index in [0.717, 1.165) is 18.5 Å². The number of anilines is 1. The first-order valence-corrected chi connectivity index (χ1v) is 7.70. The minimum Gasteiger partial charge on any atom is -0.399 e. The summed E-state index contributed by atoms with van der Waals surface area (Å²) in [5.74, 6) is 0. The summed E-state index contributed by atoms with van der Waals surface area (Å²) in [6, 6.07) is 14.8. The van der Waals surface area contributed by atoms with Gasteiger partial charge >= 0.3 is 0 Å². The minimum atomic E-state index is 0.865. The van der Waals surface area contributed by atoms with Crippen LogP contribution >= 0.6 is 0 Å². The third-order valence-electron chi connectivity index (χ3n) is 4.09. The molecule has 3 aromatic rings. The van der Waals surface area contributed by atoms with Gasteiger partial charge in [0.05, 0.1) is 0 Å². The lowest BCUT2D eigenvalue weighted by atomic mass is 9.96. The van der Waals surface area contributed by atoms with Gasteiger partial charge in [-0.05, 0) is 54.2 Å². The van der Waals surface area contributed by atoms with Crippen molar-refractivity contribution in [1.82, 2.24) is 4.98 Å². The third-order valence-corrected chi connectivity index (χ3v) is 4.09. The van der Waals surface area contributed by atoms with Crippen molar-refractivity contribution < 1.29 is 0 Å². The molecule has 21 heavy (non-hydrogen) atoms. The molecule has 0 radical (unpaired) electrons. The molecule has 0 saturated carbocycles. The van der Waals surface area contributed by atoms with Crippen LogP contribution in [-0.4, -0.2) is 4.98 Å². The second kappa shape index (κ2) is 6.04. The van der Waals surface area contributed by atoms with Crippen molar-refractivity contribution in [2.45, 2.75) is 32.6 Å². The van der Waals surface area contributed by atoms with Gasteiger partial charge in [-0.3, -0.25) is 0 Å². The molecule has 0 spiro atoms. The van der Waals surface area contributed by atoms with E-state index in [9.17, 15) is 0 Å². The maximum absolute atomic E-state index is 5.96. The first-order valence-electron chi connectivity index (χ1n) is 7.70. The van der Waals surface area contributed by atoms with Crippen molar-refractivity contribution in [2.24, 2.45) is 0 Å². The molecule has 0 aliphatic carbocycles. The zero-order valence-corrected chi connectivity index (χ0v) is 12.5. The van der Waals surface area contributed by atoms with Crippen LogP contribution in [0.1, 0.15) is 36.5 Å². The van der Waals surface area contributed by atoms with E-state index in [2.05, 4.69) is 54.5 Å². The van der Waals surface area contributed by atoms with Gasteiger partial charge in [0.15, 0.2) is 0 Å². The summed E-state index contributed by atoms with van der Waals surface area (Å²) in [7, 11) is 0. The smallest absolute Gasteiger partial charge is 0.0456 e. The fourth-order valence-corrected chi connectivity index (χ4v) is 2.90. The molecular formula is C19H22N2. The molecule has 0 unspecified atom stereocenters. The van der Waals surface area contributed by atoms with Gasteiger partial charge in [-0.1, -0.05) is 37.6 Å². The summed E-state index contributed by atoms with van der Waals surface area (Å²) in [4.78, 5) is 3.36. The highest BCUT2D eigenvalue weighted by Gasteiger charge is 2.08. The molecule has 0 aliphatic heterocycles. The fourth-order valence-electron chi connectivity index (χ4n) is 2.90. The van der Waals surface area contributed by atoms with Gasteiger partial charge in [-0.25, -0.2) is 0 Å². The van der Waals surface area contributed by atoms with E-state index in [4.69, 9.17) is 5.73 Å². The first kappa shape index (κ1) is 13.7. The Hall–Kier alpha value is -2.22. The van der Waals surface area contributed by atoms with E-state index in [1.165, 1.54) is 40.4 Å². The van der Waals surface area contributed by atoms with E-state index >= 15 is 0 Å². The number of para-hydroxylation sites is 1. The molecule has 0 saturated heterocycles. The third kappa shape index (κ3) is 2.94. The van der Waals surface area contributed by atoms with Crippen LogP contribution in [-0.2, 0) is 12.8 Å². The molecular weight excluding hydrogens is 256 g/mol. The number of aryl methyl sites for hydroxylation is 1. The van der Waals surface area contributed by atoms with Gasteiger partial charge in [0.2, 0.25) is 0 Å². The van der Waals surface area contributed by atoms with Crippen molar-refractivity contribution in [1.29, 1.82) is 0 Å². The highest BCUT2D eigenvalue weighted by molar-refractivity contribution is 5.83. The molecule has 3 rings (SSSR count). The average molecular weight is 278 g/mol. The highest BCUT2D eigenvalue weighted by atomic mass is 14.7. The van der Waals surface area contributed by atoms with E-state index in [-0.39, 0.29) is 0 Å². The monoisotopic (exact) mass is 278 g/mol. The number of hydrogen-bond donors (Lipinski definition) is 2. The van der Waals surface area contributed by atoms with Crippen molar-refractivity contribution in [3.05, 3.63) is 65.4 Å². The lowest BCUT2D eigenvalue weighted by Gasteiger charge is -2.10. The van der Waals surface area contributed by atoms with Crippen LogP contribution in [0.4, 0.5) is 5.69 Å². The predicted molar refractivity (Wildman–Crippen MR) is 90.6 cm³/mol. The minimum absolute atomic E-state index is 0.865. The topological polar surface area (TPSA) is 41.8 Å². The van der Waals surface area contributed by atoms with Crippen molar-refractivity contribution in [3.8, 4) is 0 Å². The number of hydrogen-bond acceptors (Lipinski definition) is 1. The van der Waals surface area contributed by atoms with Crippen LogP contribution in [0.5, 0.6) is 0 Å². The Morgan fingerprint density at radius 2 is 1.86 bits per heavy atom. The second-order valence-electron chi connectivity index (χ2n) is 5.67. The number of aromatic amines is 1. The molecule has 0 aliphatic rings. The number of fused-ring (bicyclic) bond motifs is 1. The number of benzene rings is 2. The first-order chi connectivity index (χ1) is 10.3. The normalized spacial score (nSPS) is 11.1. The summed E-state index contributed by atoms with van der Waals surface area (Å²) >= 11 is 0. The zero-order chi connectivity index (χ0) is 14.7. The predicted octanol–water partition coefficient (Wildman–Crippen LogP) is 4.68. The van der Waals surface area contributed by atoms with Crippen molar-refractivity contribution >= 4 is 16.6 Å². The van der Waals surface area contributed by atoms with Gasteiger partial charge in [0.1, 0.15) is 0 Å². The molecule has 1 heterocycles. The Labute approximate surface area is 126 Å². The Morgan fingerprint density at radius 3 is 2.71 bits per heavy atom. The number of nitrogen functional groups attached to an aromatic ring is 1. The number of aromatic nitrogens is 1. The standard InChI is InChI=1S/C19H22N2/c1-2-3-6-14-12-17(20)10-9-15(14)11-16-13-21-19-8-5-4-7-18(16)19/h4-5,7-10,12-13,21H,2-3,6,11,20H2,1H3. The zero-order valence-electron chi connectivity index (χ0n) is 12.5. The van der Waals surface area contributed by atoms with Crippen molar-refractivity contribution in [2.75, 3.05) is 5.73 Å². The molecule has 2 heteroatoms. The largest absolute Gasteiger partial charge is 0.399 e. The summed E-state index contributed by atoms with van der Waals surface area (Å²) in [6.45, 7) is 2.23. The maximum Gasteiger partial charge on any atom is 0.0456 e. The molecule has 2 nitrogen and oxygen atoms in total. The van der Waals surface area contributed by atoms with E-state index in [0.29, 0.717) is 0 Å². The quantitative estimate of drug-likeness (QED) is 0.653. The van der Waals surface area contributed by atoms with E-state index < -0.39 is 0 Å². The Balaban J connectivity index is 1.93. The van der Waals surface area contributed by atoms with Gasteiger partial charge in [-0.2, -0.15) is 0 Å². The Bertz CT molecular complexity index is 740. The lowest BCUT2D eigenvalue weighted by molar-refractivity contribution is 0.789. The molecule has 3 N–H and O–H groups in total.